The Morgan fingerprint density at radius 3 is 2.35 bits per heavy atom. The van der Waals surface area contributed by atoms with Gasteiger partial charge in [0.05, 0.1) is 0 Å². The monoisotopic (exact) mass is 280 g/mol. The Morgan fingerprint density at radius 2 is 1.80 bits per heavy atom. The van der Waals surface area contributed by atoms with Gasteiger partial charge in [-0.2, -0.15) is 0 Å². The van der Waals surface area contributed by atoms with Crippen LogP contribution in [0.25, 0.3) is 0 Å². The van der Waals surface area contributed by atoms with Crippen molar-refractivity contribution >= 4 is 5.97 Å². The molecule has 2 N–H and O–H groups in total. The summed E-state index contributed by atoms with van der Waals surface area (Å²) in [6, 6.07) is 0.929. The van der Waals surface area contributed by atoms with Gasteiger partial charge in [-0.3, -0.25) is 10.1 Å². The predicted octanol–water partition coefficient (Wildman–Crippen LogP) is 2.24. The summed E-state index contributed by atoms with van der Waals surface area (Å²) in [5.74, 6) is -0.635. The number of hydrogen-bond donors (Lipinski definition) is 2. The summed E-state index contributed by atoms with van der Waals surface area (Å²) in [6.07, 6.45) is 7.39. The zero-order valence-corrected chi connectivity index (χ0v) is 12.8. The molecule has 0 amide bonds. The molecule has 114 valence electrons. The second kappa shape index (κ2) is 4.99. The molecule has 0 aromatic rings. The minimum Gasteiger partial charge on any atom is -0.480 e. The predicted molar refractivity (Wildman–Crippen MR) is 78.8 cm³/mol. The number of carboxylic acid groups (broad SMARTS) is 1. The van der Waals surface area contributed by atoms with Crippen molar-refractivity contribution in [3.63, 3.8) is 0 Å². The first-order valence-corrected chi connectivity index (χ1v) is 8.15. The van der Waals surface area contributed by atoms with E-state index >= 15 is 0 Å². The van der Waals surface area contributed by atoms with Crippen LogP contribution in [0.2, 0.25) is 0 Å². The van der Waals surface area contributed by atoms with Gasteiger partial charge in [0.25, 0.3) is 0 Å². The number of hydrogen-bond acceptors (Lipinski definition) is 3. The minimum absolute atomic E-state index is 0.463. The quantitative estimate of drug-likeness (QED) is 0.829. The summed E-state index contributed by atoms with van der Waals surface area (Å²) in [6.45, 7) is 6.96. The zero-order valence-electron chi connectivity index (χ0n) is 12.8. The average Bonchev–Trinajstić information content (AvgIpc) is 3.07. The molecular formula is C16H28N2O2. The molecule has 0 aromatic carbocycles. The first-order chi connectivity index (χ1) is 9.40. The Balaban J connectivity index is 1.61. The third-order valence-corrected chi connectivity index (χ3v) is 5.62. The number of likely N-dealkylation sites (tertiary alicyclic amines) is 1. The van der Waals surface area contributed by atoms with Crippen LogP contribution in [-0.4, -0.2) is 46.7 Å². The van der Waals surface area contributed by atoms with Gasteiger partial charge in [-0.05, 0) is 63.5 Å². The largest absolute Gasteiger partial charge is 0.480 e. The molecule has 3 fully saturated rings. The van der Waals surface area contributed by atoms with Crippen molar-refractivity contribution in [2.45, 2.75) is 76.4 Å². The van der Waals surface area contributed by atoms with E-state index in [0.717, 1.165) is 45.2 Å². The van der Waals surface area contributed by atoms with Crippen LogP contribution < -0.4 is 5.32 Å². The third-order valence-electron chi connectivity index (χ3n) is 5.62. The number of piperidine rings is 1. The standard InChI is InChI=1S/C16H28N2O2/c1-15(2)7-9-18(10-8-15)13-5-6-16(11-13,14(19)20)17-12-3-4-12/h12-13,17H,3-11H2,1-2H3,(H,19,20). The van der Waals surface area contributed by atoms with Crippen molar-refractivity contribution in [2.24, 2.45) is 5.41 Å². The van der Waals surface area contributed by atoms with Crippen LogP contribution in [0.5, 0.6) is 0 Å². The fraction of sp³-hybridized carbons (Fsp3) is 0.938. The van der Waals surface area contributed by atoms with Gasteiger partial charge in [-0.15, -0.1) is 0 Å². The van der Waals surface area contributed by atoms with Crippen molar-refractivity contribution in [1.29, 1.82) is 0 Å². The maximum absolute atomic E-state index is 11.7. The topological polar surface area (TPSA) is 52.6 Å². The van der Waals surface area contributed by atoms with Crippen LogP contribution in [0.3, 0.4) is 0 Å². The molecule has 0 bridgehead atoms. The van der Waals surface area contributed by atoms with E-state index in [4.69, 9.17) is 0 Å². The van der Waals surface area contributed by atoms with Gasteiger partial charge < -0.3 is 10.0 Å². The first-order valence-electron chi connectivity index (χ1n) is 8.15. The lowest BCUT2D eigenvalue weighted by molar-refractivity contribution is -0.145. The number of carboxylic acids is 1. The second-order valence-electron chi connectivity index (χ2n) is 7.90. The van der Waals surface area contributed by atoms with Crippen molar-refractivity contribution < 1.29 is 9.90 Å². The molecule has 0 spiro atoms. The fourth-order valence-corrected chi connectivity index (χ4v) is 3.83. The van der Waals surface area contributed by atoms with Gasteiger partial charge in [-0.1, -0.05) is 13.8 Å². The minimum atomic E-state index is -0.640. The lowest BCUT2D eigenvalue weighted by Crippen LogP contribution is -2.53. The van der Waals surface area contributed by atoms with Crippen LogP contribution >= 0.6 is 0 Å². The Kier molecular flexibility index (Phi) is 3.57. The molecule has 3 rings (SSSR count). The molecule has 2 unspecified atom stereocenters. The highest BCUT2D eigenvalue weighted by Crippen LogP contribution is 2.39. The van der Waals surface area contributed by atoms with E-state index in [1.807, 2.05) is 0 Å². The smallest absolute Gasteiger partial charge is 0.323 e. The van der Waals surface area contributed by atoms with Crippen LogP contribution in [0.4, 0.5) is 0 Å². The van der Waals surface area contributed by atoms with Crippen molar-refractivity contribution in [3.8, 4) is 0 Å². The number of rotatable bonds is 4. The van der Waals surface area contributed by atoms with Crippen LogP contribution in [0.1, 0.15) is 58.8 Å². The highest BCUT2D eigenvalue weighted by atomic mass is 16.4. The molecule has 4 nitrogen and oxygen atoms in total. The molecule has 2 aliphatic carbocycles. The summed E-state index contributed by atoms with van der Waals surface area (Å²) in [7, 11) is 0. The number of carbonyl (C=O) groups is 1. The molecule has 1 aliphatic heterocycles. The summed E-state index contributed by atoms with van der Waals surface area (Å²) < 4.78 is 0. The molecule has 1 saturated heterocycles. The Bertz CT molecular complexity index is 382. The van der Waals surface area contributed by atoms with Crippen LogP contribution in [0.15, 0.2) is 0 Å². The Hall–Kier alpha value is -0.610. The van der Waals surface area contributed by atoms with Gasteiger partial charge >= 0.3 is 5.97 Å². The normalized spacial score (nSPS) is 38.0. The lowest BCUT2D eigenvalue weighted by Gasteiger charge is -2.40. The van der Waals surface area contributed by atoms with E-state index in [1.165, 1.54) is 12.8 Å². The molecule has 20 heavy (non-hydrogen) atoms. The number of nitrogens with zero attached hydrogens (tertiary/aromatic N) is 1. The molecule has 2 atom stereocenters. The molecule has 4 heteroatoms. The fourth-order valence-electron chi connectivity index (χ4n) is 3.83. The Morgan fingerprint density at radius 1 is 1.15 bits per heavy atom. The third kappa shape index (κ3) is 2.86. The summed E-state index contributed by atoms with van der Waals surface area (Å²) in [4.78, 5) is 14.3. The zero-order chi connectivity index (χ0) is 14.4. The summed E-state index contributed by atoms with van der Waals surface area (Å²) in [5.41, 5.74) is -0.177. The number of nitrogens with one attached hydrogen (secondary N) is 1. The SMILES string of the molecule is CC1(C)CCN(C2CCC(NC3CC3)(C(=O)O)C2)CC1. The maximum atomic E-state index is 11.7. The highest BCUT2D eigenvalue weighted by Gasteiger charge is 2.49. The molecule has 2 saturated carbocycles. The van der Waals surface area contributed by atoms with Crippen LogP contribution in [-0.2, 0) is 4.79 Å². The van der Waals surface area contributed by atoms with Crippen molar-refractivity contribution in [2.75, 3.05) is 13.1 Å². The summed E-state index contributed by atoms with van der Waals surface area (Å²) in [5, 5.41) is 13.1. The molecule has 1 heterocycles. The average molecular weight is 280 g/mol. The van der Waals surface area contributed by atoms with Gasteiger partial charge in [0.2, 0.25) is 0 Å². The maximum Gasteiger partial charge on any atom is 0.323 e. The van der Waals surface area contributed by atoms with Crippen molar-refractivity contribution in [1.82, 2.24) is 10.2 Å². The van der Waals surface area contributed by atoms with E-state index < -0.39 is 11.5 Å². The Labute approximate surface area is 121 Å². The number of aliphatic carboxylic acids is 1. The van der Waals surface area contributed by atoms with Gasteiger partial charge in [-0.25, -0.2) is 0 Å². The van der Waals surface area contributed by atoms with Gasteiger partial charge in [0.15, 0.2) is 0 Å². The van der Waals surface area contributed by atoms with Gasteiger partial charge in [0.1, 0.15) is 5.54 Å². The van der Waals surface area contributed by atoms with Crippen LogP contribution in [0, 0.1) is 5.41 Å². The van der Waals surface area contributed by atoms with E-state index in [2.05, 4.69) is 24.1 Å². The molecular weight excluding hydrogens is 252 g/mol. The van der Waals surface area contributed by atoms with E-state index in [-0.39, 0.29) is 0 Å². The molecule has 3 aliphatic rings. The summed E-state index contributed by atoms with van der Waals surface area (Å²) >= 11 is 0. The first kappa shape index (κ1) is 14.3. The second-order valence-corrected chi connectivity index (χ2v) is 7.90. The van der Waals surface area contributed by atoms with Crippen molar-refractivity contribution in [3.05, 3.63) is 0 Å². The van der Waals surface area contributed by atoms with E-state index in [9.17, 15) is 9.90 Å². The lowest BCUT2D eigenvalue weighted by atomic mass is 9.82. The van der Waals surface area contributed by atoms with E-state index in [1.54, 1.807) is 0 Å². The molecule has 0 radical (unpaired) electrons. The molecule has 0 aromatic heterocycles. The van der Waals surface area contributed by atoms with E-state index in [0.29, 0.717) is 17.5 Å². The van der Waals surface area contributed by atoms with Gasteiger partial charge in [0, 0.05) is 12.1 Å². The highest BCUT2D eigenvalue weighted by molar-refractivity contribution is 5.79.